The van der Waals surface area contributed by atoms with Crippen molar-refractivity contribution in [3.63, 3.8) is 0 Å². The van der Waals surface area contributed by atoms with Gasteiger partial charge in [0.05, 0.1) is 18.1 Å². The average molecular weight is 322 g/mol. The Morgan fingerprint density at radius 3 is 2.60 bits per heavy atom. The number of hydrogen-bond donors (Lipinski definition) is 1. The van der Waals surface area contributed by atoms with Crippen LogP contribution >= 0.6 is 0 Å². The van der Waals surface area contributed by atoms with Crippen LogP contribution in [-0.4, -0.2) is 55.4 Å². The van der Waals surface area contributed by atoms with Crippen LogP contribution in [0.2, 0.25) is 0 Å². The van der Waals surface area contributed by atoms with E-state index in [9.17, 15) is 16.8 Å². The minimum absolute atomic E-state index is 0.0220. The van der Waals surface area contributed by atoms with Crippen LogP contribution in [0, 0.1) is 0 Å². The van der Waals surface area contributed by atoms with Crippen LogP contribution in [0.1, 0.15) is 12.1 Å². The lowest BCUT2D eigenvalue weighted by Crippen LogP contribution is -2.37. The van der Waals surface area contributed by atoms with Crippen molar-refractivity contribution in [2.75, 3.05) is 18.6 Å². The summed E-state index contributed by atoms with van der Waals surface area (Å²) in [6.07, 6.45) is 1.73. The van der Waals surface area contributed by atoms with Crippen LogP contribution in [0.3, 0.4) is 0 Å². The topological polar surface area (TPSA) is 96.7 Å². The molecule has 0 aromatic carbocycles. The molecule has 0 spiro atoms. The maximum Gasteiger partial charge on any atom is 0.244 e. The fourth-order valence-electron chi connectivity index (χ4n) is 2.30. The smallest absolute Gasteiger partial charge is 0.244 e. The Hall–Kier alpha value is -0.900. The van der Waals surface area contributed by atoms with Crippen molar-refractivity contribution in [3.8, 4) is 0 Å². The highest BCUT2D eigenvalue weighted by molar-refractivity contribution is 7.92. The first-order valence-corrected chi connectivity index (χ1v) is 9.38. The van der Waals surface area contributed by atoms with E-state index < -0.39 is 25.9 Å². The Bertz CT molecular complexity index is 705. The molecule has 1 aromatic rings. The molecule has 0 bridgehead atoms. The van der Waals surface area contributed by atoms with Gasteiger partial charge in [0.25, 0.3) is 0 Å². The summed E-state index contributed by atoms with van der Waals surface area (Å²) in [6.45, 7) is -0.256. The Balaban J connectivity index is 2.30. The molecule has 1 atom stereocenters. The molecular weight excluding hydrogens is 304 g/mol. The highest BCUT2D eigenvalue weighted by Crippen LogP contribution is 2.24. The molecule has 0 radical (unpaired) electrons. The fourth-order valence-corrected chi connectivity index (χ4v) is 5.65. The number of sulfone groups is 1. The summed E-state index contributed by atoms with van der Waals surface area (Å²) in [4.78, 5) is 0.0656. The van der Waals surface area contributed by atoms with Gasteiger partial charge in [-0.25, -0.2) is 16.8 Å². The number of nitrogens with zero attached hydrogens (tertiary/aromatic N) is 2. The highest BCUT2D eigenvalue weighted by atomic mass is 32.2. The van der Waals surface area contributed by atoms with E-state index in [1.807, 2.05) is 0 Å². The Labute approximate surface area is 118 Å². The third-order valence-corrected chi connectivity index (χ3v) is 7.27. The second-order valence-corrected chi connectivity index (χ2v) is 9.24. The molecule has 0 saturated carbocycles. The molecule has 1 aromatic heterocycles. The summed E-state index contributed by atoms with van der Waals surface area (Å²) in [6, 6.07) is 0.873. The summed E-state index contributed by atoms with van der Waals surface area (Å²) in [7, 11) is -3.85. The summed E-state index contributed by atoms with van der Waals surface area (Å²) in [5.41, 5.74) is 0.482. The van der Waals surface area contributed by atoms with Crippen LogP contribution in [0.4, 0.5) is 0 Å². The number of aliphatic hydroxyl groups is 1. The van der Waals surface area contributed by atoms with Crippen molar-refractivity contribution >= 4 is 19.9 Å². The van der Waals surface area contributed by atoms with Gasteiger partial charge in [0.2, 0.25) is 10.0 Å². The fraction of sp³-hybridized carbons (Fsp3) is 0.636. The Morgan fingerprint density at radius 2 is 2.15 bits per heavy atom. The average Bonchev–Trinajstić information content (AvgIpc) is 2.91. The lowest BCUT2D eigenvalue weighted by Gasteiger charge is -2.22. The van der Waals surface area contributed by atoms with Gasteiger partial charge in [0.15, 0.2) is 9.84 Å². The molecular formula is C11H18N2O5S2. The SMILES string of the molecule is CN(C1CCS(=O)(=O)C1)S(=O)(=O)c1cc(CO)n(C)c1. The van der Waals surface area contributed by atoms with E-state index in [2.05, 4.69) is 0 Å². The summed E-state index contributed by atoms with van der Waals surface area (Å²) in [5, 5.41) is 9.11. The maximum atomic E-state index is 12.4. The lowest BCUT2D eigenvalue weighted by molar-refractivity contribution is 0.272. The first kappa shape index (κ1) is 15.5. The van der Waals surface area contributed by atoms with Crippen molar-refractivity contribution in [3.05, 3.63) is 18.0 Å². The van der Waals surface area contributed by atoms with E-state index in [0.717, 1.165) is 4.31 Å². The van der Waals surface area contributed by atoms with Gasteiger partial charge in [-0.15, -0.1) is 0 Å². The van der Waals surface area contributed by atoms with Gasteiger partial charge < -0.3 is 9.67 Å². The third kappa shape index (κ3) is 2.76. The van der Waals surface area contributed by atoms with Crippen LogP contribution < -0.4 is 0 Å². The van der Waals surface area contributed by atoms with Crippen LogP contribution in [0.25, 0.3) is 0 Å². The largest absolute Gasteiger partial charge is 0.390 e. The van der Waals surface area contributed by atoms with Crippen molar-refractivity contribution in [2.45, 2.75) is 24.0 Å². The molecule has 114 valence electrons. The zero-order chi connectivity index (χ0) is 15.1. The minimum Gasteiger partial charge on any atom is -0.390 e. The van der Waals surface area contributed by atoms with Gasteiger partial charge in [-0.05, 0) is 12.5 Å². The van der Waals surface area contributed by atoms with Crippen LogP contribution in [-0.2, 0) is 33.5 Å². The number of sulfonamides is 1. The number of rotatable bonds is 4. The second kappa shape index (κ2) is 5.14. The van der Waals surface area contributed by atoms with E-state index in [1.165, 1.54) is 23.9 Å². The van der Waals surface area contributed by atoms with Crippen molar-refractivity contribution in [1.29, 1.82) is 0 Å². The van der Waals surface area contributed by atoms with Gasteiger partial charge in [0.1, 0.15) is 4.90 Å². The van der Waals surface area contributed by atoms with Crippen LogP contribution in [0.15, 0.2) is 17.2 Å². The third-order valence-electron chi connectivity index (χ3n) is 3.64. The summed E-state index contributed by atoms with van der Waals surface area (Å²) < 4.78 is 50.5. The predicted octanol–water partition coefficient (Wildman–Crippen LogP) is -0.675. The van der Waals surface area contributed by atoms with Gasteiger partial charge in [-0.1, -0.05) is 0 Å². The zero-order valence-electron chi connectivity index (χ0n) is 11.4. The van der Waals surface area contributed by atoms with Crippen molar-refractivity contribution < 1.29 is 21.9 Å². The molecule has 1 saturated heterocycles. The highest BCUT2D eigenvalue weighted by Gasteiger charge is 2.36. The van der Waals surface area contributed by atoms with Gasteiger partial charge in [0, 0.05) is 32.0 Å². The second-order valence-electron chi connectivity index (χ2n) is 5.01. The zero-order valence-corrected chi connectivity index (χ0v) is 13.0. The molecule has 9 heteroatoms. The van der Waals surface area contributed by atoms with E-state index in [1.54, 1.807) is 7.05 Å². The van der Waals surface area contributed by atoms with E-state index in [0.29, 0.717) is 12.1 Å². The molecule has 1 unspecified atom stereocenters. The summed E-state index contributed by atoms with van der Waals surface area (Å²) >= 11 is 0. The normalized spacial score (nSPS) is 22.5. The van der Waals surface area contributed by atoms with Crippen molar-refractivity contribution in [2.24, 2.45) is 7.05 Å². The lowest BCUT2D eigenvalue weighted by atomic mass is 10.3. The molecule has 1 N–H and O–H groups in total. The number of hydrogen-bond acceptors (Lipinski definition) is 5. The molecule has 2 rings (SSSR count). The standard InChI is InChI=1S/C11H18N2O5S2/c1-12-6-11(5-10(12)7-14)20(17,18)13(2)9-3-4-19(15,16)8-9/h5-6,9,14H,3-4,7-8H2,1-2H3. The Kier molecular flexibility index (Phi) is 3.98. The molecule has 0 amide bonds. The minimum atomic E-state index is -3.75. The molecule has 0 aliphatic carbocycles. The monoisotopic (exact) mass is 322 g/mol. The molecule has 1 aliphatic rings. The maximum absolute atomic E-state index is 12.4. The predicted molar refractivity (Wildman–Crippen MR) is 73.3 cm³/mol. The van der Waals surface area contributed by atoms with Crippen LogP contribution in [0.5, 0.6) is 0 Å². The molecule has 1 aliphatic heterocycles. The molecule has 1 fully saturated rings. The molecule has 20 heavy (non-hydrogen) atoms. The first-order valence-electron chi connectivity index (χ1n) is 6.12. The van der Waals surface area contributed by atoms with Gasteiger partial charge >= 0.3 is 0 Å². The first-order chi connectivity index (χ1) is 9.17. The number of aromatic nitrogens is 1. The molecule has 7 nitrogen and oxygen atoms in total. The van der Waals surface area contributed by atoms with E-state index in [-0.39, 0.29) is 23.0 Å². The Morgan fingerprint density at radius 1 is 1.50 bits per heavy atom. The number of aliphatic hydroxyl groups excluding tert-OH is 1. The summed E-state index contributed by atoms with van der Waals surface area (Å²) in [5.74, 6) is -0.114. The van der Waals surface area contributed by atoms with Crippen molar-refractivity contribution in [1.82, 2.24) is 8.87 Å². The quantitative estimate of drug-likeness (QED) is 0.792. The molecule has 2 heterocycles. The van der Waals surface area contributed by atoms with E-state index >= 15 is 0 Å². The van der Waals surface area contributed by atoms with Gasteiger partial charge in [-0.3, -0.25) is 0 Å². The van der Waals surface area contributed by atoms with Gasteiger partial charge in [-0.2, -0.15) is 4.31 Å². The van der Waals surface area contributed by atoms with E-state index in [4.69, 9.17) is 5.11 Å². The number of aryl methyl sites for hydroxylation is 1.